The van der Waals surface area contributed by atoms with Crippen molar-refractivity contribution >= 4 is 5.91 Å². The van der Waals surface area contributed by atoms with Crippen molar-refractivity contribution in [3.63, 3.8) is 0 Å². The predicted octanol–water partition coefficient (Wildman–Crippen LogP) is 2.62. The molecule has 0 bridgehead atoms. The second kappa shape index (κ2) is 6.72. The van der Waals surface area contributed by atoms with Gasteiger partial charge < -0.3 is 10.6 Å². The summed E-state index contributed by atoms with van der Waals surface area (Å²) in [6, 6.07) is 0. The van der Waals surface area contributed by atoms with E-state index in [0.29, 0.717) is 5.92 Å². The summed E-state index contributed by atoms with van der Waals surface area (Å²) in [5.74, 6) is 0.395. The van der Waals surface area contributed by atoms with Crippen molar-refractivity contribution in [2.75, 3.05) is 33.2 Å². The fourth-order valence-electron chi connectivity index (χ4n) is 5.79. The molecule has 4 nitrogen and oxygen atoms in total. The van der Waals surface area contributed by atoms with Crippen LogP contribution in [0.15, 0.2) is 0 Å². The minimum atomic E-state index is -0.307. The molecule has 2 aliphatic carbocycles. The molecule has 0 spiro atoms. The quantitative estimate of drug-likeness (QED) is 0.869. The Morgan fingerprint density at radius 3 is 2.17 bits per heavy atom. The van der Waals surface area contributed by atoms with E-state index in [1.807, 2.05) is 0 Å². The smallest absolute Gasteiger partial charge is 0.223 e. The molecule has 0 radical (unpaired) electrons. The Balaban J connectivity index is 1.92. The molecular weight excluding hydrogens is 286 g/mol. The molecule has 2 atom stereocenters. The molecule has 2 N–H and O–H groups in total. The van der Waals surface area contributed by atoms with E-state index in [-0.39, 0.29) is 16.9 Å². The number of nitrogens with two attached hydrogens (primary N) is 1. The van der Waals surface area contributed by atoms with Crippen LogP contribution in [0.25, 0.3) is 0 Å². The highest BCUT2D eigenvalue weighted by Gasteiger charge is 2.54. The van der Waals surface area contributed by atoms with E-state index in [1.165, 1.54) is 44.9 Å². The zero-order chi connectivity index (χ0) is 16.5. The van der Waals surface area contributed by atoms with E-state index in [4.69, 9.17) is 5.73 Å². The van der Waals surface area contributed by atoms with E-state index in [2.05, 4.69) is 23.8 Å². The third-order valence-electron chi connectivity index (χ3n) is 7.27. The van der Waals surface area contributed by atoms with Crippen molar-refractivity contribution in [2.24, 2.45) is 17.1 Å². The Hall–Kier alpha value is -0.610. The number of carbonyl (C=O) groups is 1. The van der Waals surface area contributed by atoms with Gasteiger partial charge in [0, 0.05) is 31.7 Å². The normalized spacial score (nSPS) is 36.7. The van der Waals surface area contributed by atoms with Gasteiger partial charge >= 0.3 is 0 Å². The van der Waals surface area contributed by atoms with Crippen LogP contribution in [0.5, 0.6) is 0 Å². The molecule has 1 heterocycles. The predicted molar refractivity (Wildman–Crippen MR) is 94.1 cm³/mol. The number of piperazine rings is 1. The molecule has 4 heteroatoms. The van der Waals surface area contributed by atoms with Gasteiger partial charge in [-0.15, -0.1) is 0 Å². The molecule has 1 aliphatic heterocycles. The van der Waals surface area contributed by atoms with Crippen molar-refractivity contribution in [1.82, 2.24) is 9.80 Å². The van der Waals surface area contributed by atoms with Crippen LogP contribution in [0.4, 0.5) is 0 Å². The van der Waals surface area contributed by atoms with E-state index >= 15 is 0 Å². The van der Waals surface area contributed by atoms with E-state index < -0.39 is 0 Å². The number of likely N-dealkylation sites (N-methyl/N-ethyl adjacent to an activating group) is 1. The van der Waals surface area contributed by atoms with Gasteiger partial charge in [0.25, 0.3) is 0 Å². The Morgan fingerprint density at radius 2 is 1.57 bits per heavy atom. The number of carbonyl (C=O) groups excluding carboxylic acids is 1. The van der Waals surface area contributed by atoms with E-state index in [0.717, 1.165) is 39.0 Å². The summed E-state index contributed by atoms with van der Waals surface area (Å²) >= 11 is 0. The first-order valence-electron chi connectivity index (χ1n) is 9.72. The minimum absolute atomic E-state index is 0.0544. The molecular formula is C19H35N3O. The largest absolute Gasteiger partial charge is 0.369 e. The highest BCUT2D eigenvalue weighted by Crippen LogP contribution is 2.53. The zero-order valence-corrected chi connectivity index (χ0v) is 15.1. The monoisotopic (exact) mass is 321 g/mol. The summed E-state index contributed by atoms with van der Waals surface area (Å²) in [6.07, 6.45) is 11.1. The highest BCUT2D eigenvalue weighted by atomic mass is 16.1. The third-order valence-corrected chi connectivity index (χ3v) is 7.27. The average molecular weight is 322 g/mol. The van der Waals surface area contributed by atoms with Crippen LogP contribution in [0.3, 0.4) is 0 Å². The molecule has 2 saturated carbocycles. The second-order valence-corrected chi connectivity index (χ2v) is 8.53. The summed E-state index contributed by atoms with van der Waals surface area (Å²) in [4.78, 5) is 17.6. The lowest BCUT2D eigenvalue weighted by Gasteiger charge is -2.58. The Labute approximate surface area is 141 Å². The molecule has 3 rings (SSSR count). The summed E-state index contributed by atoms with van der Waals surface area (Å²) in [6.45, 7) is 6.79. The lowest BCUT2D eigenvalue weighted by atomic mass is 9.55. The average Bonchev–Trinajstić information content (AvgIpc) is 2.56. The van der Waals surface area contributed by atoms with Crippen LogP contribution < -0.4 is 5.73 Å². The third kappa shape index (κ3) is 3.05. The van der Waals surface area contributed by atoms with Crippen molar-refractivity contribution in [1.29, 1.82) is 0 Å². The number of hydrogen-bond donors (Lipinski definition) is 1. The van der Waals surface area contributed by atoms with Gasteiger partial charge in [0.2, 0.25) is 5.91 Å². The summed E-state index contributed by atoms with van der Waals surface area (Å²) < 4.78 is 0. The first kappa shape index (κ1) is 17.2. The van der Waals surface area contributed by atoms with Gasteiger partial charge in [-0.1, -0.05) is 39.0 Å². The molecule has 1 saturated heterocycles. The maximum atomic E-state index is 12.4. The number of rotatable bonds is 3. The number of nitrogens with zero attached hydrogens (tertiary/aromatic N) is 2. The van der Waals surface area contributed by atoms with Gasteiger partial charge in [0.1, 0.15) is 0 Å². The first-order valence-corrected chi connectivity index (χ1v) is 9.72. The maximum absolute atomic E-state index is 12.4. The molecule has 0 aromatic rings. The Morgan fingerprint density at radius 1 is 0.957 bits per heavy atom. The van der Waals surface area contributed by atoms with Gasteiger partial charge in [-0.2, -0.15) is 0 Å². The Kier molecular flexibility index (Phi) is 5.03. The molecule has 23 heavy (non-hydrogen) atoms. The second-order valence-electron chi connectivity index (χ2n) is 8.53. The number of hydrogen-bond acceptors (Lipinski definition) is 3. The summed E-state index contributed by atoms with van der Waals surface area (Å²) in [5, 5.41) is 0. The molecule has 2 unspecified atom stereocenters. The molecule has 3 aliphatic rings. The topological polar surface area (TPSA) is 49.6 Å². The van der Waals surface area contributed by atoms with Crippen LogP contribution in [-0.2, 0) is 4.79 Å². The minimum Gasteiger partial charge on any atom is -0.369 e. The van der Waals surface area contributed by atoms with Crippen molar-refractivity contribution in [3.8, 4) is 0 Å². The Bertz CT molecular complexity index is 424. The van der Waals surface area contributed by atoms with Crippen LogP contribution in [0, 0.1) is 11.3 Å². The van der Waals surface area contributed by atoms with Gasteiger partial charge in [0.15, 0.2) is 0 Å². The maximum Gasteiger partial charge on any atom is 0.223 e. The SMILES string of the molecule is CN1CCN(C2(C3CCCCC3(C)C(N)=O)CCCCC2)CC1. The lowest BCUT2D eigenvalue weighted by Crippen LogP contribution is -2.65. The van der Waals surface area contributed by atoms with Crippen LogP contribution >= 0.6 is 0 Å². The van der Waals surface area contributed by atoms with E-state index in [1.54, 1.807) is 0 Å². The summed E-state index contributed by atoms with van der Waals surface area (Å²) in [5.41, 5.74) is 5.86. The van der Waals surface area contributed by atoms with Gasteiger partial charge in [-0.3, -0.25) is 9.69 Å². The molecule has 132 valence electrons. The fraction of sp³-hybridized carbons (Fsp3) is 0.947. The number of primary amides is 1. The fourth-order valence-corrected chi connectivity index (χ4v) is 5.79. The first-order chi connectivity index (χ1) is 11.0. The van der Waals surface area contributed by atoms with Gasteiger partial charge in [-0.25, -0.2) is 0 Å². The highest BCUT2D eigenvalue weighted by molar-refractivity contribution is 5.81. The zero-order valence-electron chi connectivity index (χ0n) is 15.1. The molecule has 1 amide bonds. The van der Waals surface area contributed by atoms with Crippen molar-refractivity contribution in [2.45, 2.75) is 70.3 Å². The van der Waals surface area contributed by atoms with Crippen molar-refractivity contribution < 1.29 is 4.79 Å². The van der Waals surface area contributed by atoms with E-state index in [9.17, 15) is 4.79 Å². The molecule has 0 aromatic carbocycles. The van der Waals surface area contributed by atoms with Crippen molar-refractivity contribution in [3.05, 3.63) is 0 Å². The lowest BCUT2D eigenvalue weighted by molar-refractivity contribution is -0.142. The summed E-state index contributed by atoms with van der Waals surface area (Å²) in [7, 11) is 2.22. The number of amides is 1. The van der Waals surface area contributed by atoms with Gasteiger partial charge in [-0.05, 0) is 38.6 Å². The van der Waals surface area contributed by atoms with Crippen LogP contribution in [0.2, 0.25) is 0 Å². The van der Waals surface area contributed by atoms with Crippen LogP contribution in [0.1, 0.15) is 64.7 Å². The van der Waals surface area contributed by atoms with Gasteiger partial charge in [0.05, 0.1) is 5.41 Å². The molecule has 0 aromatic heterocycles. The standard InChI is InChI=1S/C19H35N3O/c1-18(17(20)23)9-7-4-8-16(18)19(10-5-3-6-11-19)22-14-12-21(2)13-15-22/h16H,3-15H2,1-2H3,(H2,20,23). The molecule has 3 fully saturated rings. The van der Waals surface area contributed by atoms with Crippen LogP contribution in [-0.4, -0.2) is 54.5 Å².